The van der Waals surface area contributed by atoms with E-state index in [1.54, 1.807) is 13.3 Å². The summed E-state index contributed by atoms with van der Waals surface area (Å²) in [5.41, 5.74) is 3.34. The zero-order valence-electron chi connectivity index (χ0n) is 9.45. The minimum Gasteiger partial charge on any atom is -0.497 e. The smallest absolute Gasteiger partial charge is 0.119 e. The number of H-pyrrole nitrogens is 1. The first kappa shape index (κ1) is 10.5. The Labute approximate surface area is 94.6 Å². The largest absolute Gasteiger partial charge is 0.497 e. The molecule has 0 saturated heterocycles. The summed E-state index contributed by atoms with van der Waals surface area (Å²) < 4.78 is 5.16. The molecule has 0 unspecified atom stereocenters. The topological polar surface area (TPSA) is 49.9 Å². The van der Waals surface area contributed by atoms with Gasteiger partial charge in [0, 0.05) is 11.9 Å². The molecule has 0 fully saturated rings. The Morgan fingerprint density at radius 1 is 1.38 bits per heavy atom. The fourth-order valence-corrected chi connectivity index (χ4v) is 1.54. The lowest BCUT2D eigenvalue weighted by atomic mass is 10.2. The lowest BCUT2D eigenvalue weighted by Crippen LogP contribution is -2.01. The average Bonchev–Trinajstić information content (AvgIpc) is 2.80. The molecule has 0 amide bonds. The Balaban J connectivity index is 2.04. The summed E-state index contributed by atoms with van der Waals surface area (Å²) in [5, 5.41) is 10.2. The van der Waals surface area contributed by atoms with Gasteiger partial charge in [0.05, 0.1) is 19.3 Å². The predicted molar refractivity (Wildman–Crippen MR) is 63.6 cm³/mol. The standard InChI is InChI=1S/C12H15N3O/c1-9-7-11(16-2)3-4-12(9)13-8-10-5-6-14-15-10/h3-7,13H,8H2,1-2H3,(H,14,15). The third kappa shape index (κ3) is 2.34. The van der Waals surface area contributed by atoms with Crippen LogP contribution in [0.1, 0.15) is 11.3 Å². The molecule has 0 bridgehead atoms. The van der Waals surface area contributed by atoms with Crippen molar-refractivity contribution in [1.29, 1.82) is 0 Å². The van der Waals surface area contributed by atoms with Crippen LogP contribution in [-0.4, -0.2) is 17.3 Å². The first-order valence-corrected chi connectivity index (χ1v) is 5.16. The summed E-state index contributed by atoms with van der Waals surface area (Å²) in [6.45, 7) is 2.80. The van der Waals surface area contributed by atoms with Crippen molar-refractivity contribution in [3.8, 4) is 5.75 Å². The van der Waals surface area contributed by atoms with Crippen LogP contribution in [0.3, 0.4) is 0 Å². The van der Waals surface area contributed by atoms with Crippen LogP contribution in [0.2, 0.25) is 0 Å². The molecule has 0 radical (unpaired) electrons. The number of nitrogens with one attached hydrogen (secondary N) is 2. The van der Waals surface area contributed by atoms with Crippen molar-refractivity contribution in [2.45, 2.75) is 13.5 Å². The van der Waals surface area contributed by atoms with E-state index in [1.165, 1.54) is 5.56 Å². The molecular formula is C12H15N3O. The fraction of sp³-hybridized carbons (Fsp3) is 0.250. The second-order valence-electron chi connectivity index (χ2n) is 3.62. The van der Waals surface area contributed by atoms with Gasteiger partial charge in [-0.25, -0.2) is 0 Å². The van der Waals surface area contributed by atoms with Crippen LogP contribution in [0.4, 0.5) is 5.69 Å². The number of nitrogens with zero attached hydrogens (tertiary/aromatic N) is 1. The number of aromatic nitrogens is 2. The van der Waals surface area contributed by atoms with Gasteiger partial charge in [-0.1, -0.05) is 0 Å². The molecule has 0 aliphatic heterocycles. The molecule has 4 heteroatoms. The summed E-state index contributed by atoms with van der Waals surface area (Å²) >= 11 is 0. The van der Waals surface area contributed by atoms with Crippen LogP contribution in [0, 0.1) is 6.92 Å². The van der Waals surface area contributed by atoms with Gasteiger partial charge in [0.2, 0.25) is 0 Å². The highest BCUT2D eigenvalue weighted by Crippen LogP contribution is 2.21. The average molecular weight is 217 g/mol. The van der Waals surface area contributed by atoms with Crippen molar-refractivity contribution < 1.29 is 4.74 Å². The predicted octanol–water partition coefficient (Wildman–Crippen LogP) is 2.34. The lowest BCUT2D eigenvalue weighted by Gasteiger charge is -2.09. The first-order chi connectivity index (χ1) is 7.79. The van der Waals surface area contributed by atoms with E-state index in [9.17, 15) is 0 Å². The number of hydrogen-bond acceptors (Lipinski definition) is 3. The van der Waals surface area contributed by atoms with E-state index in [4.69, 9.17) is 4.74 Å². The molecule has 1 aromatic carbocycles. The van der Waals surface area contributed by atoms with E-state index >= 15 is 0 Å². The highest BCUT2D eigenvalue weighted by molar-refractivity contribution is 5.53. The van der Waals surface area contributed by atoms with Gasteiger partial charge in [-0.15, -0.1) is 0 Å². The second-order valence-corrected chi connectivity index (χ2v) is 3.62. The zero-order chi connectivity index (χ0) is 11.4. The summed E-state index contributed by atoms with van der Waals surface area (Å²) in [4.78, 5) is 0. The third-order valence-electron chi connectivity index (χ3n) is 2.46. The number of hydrogen-bond donors (Lipinski definition) is 2. The Morgan fingerprint density at radius 3 is 2.88 bits per heavy atom. The van der Waals surface area contributed by atoms with Gasteiger partial charge in [0.1, 0.15) is 5.75 Å². The highest BCUT2D eigenvalue weighted by Gasteiger charge is 2.00. The molecule has 0 saturated carbocycles. The van der Waals surface area contributed by atoms with Gasteiger partial charge >= 0.3 is 0 Å². The Hall–Kier alpha value is -1.97. The molecule has 84 valence electrons. The van der Waals surface area contributed by atoms with E-state index in [1.807, 2.05) is 24.3 Å². The molecule has 0 aliphatic rings. The third-order valence-corrected chi connectivity index (χ3v) is 2.46. The molecule has 4 nitrogen and oxygen atoms in total. The maximum atomic E-state index is 5.16. The van der Waals surface area contributed by atoms with Crippen molar-refractivity contribution >= 4 is 5.69 Å². The molecule has 2 aromatic rings. The molecule has 16 heavy (non-hydrogen) atoms. The quantitative estimate of drug-likeness (QED) is 0.826. The van der Waals surface area contributed by atoms with Crippen LogP contribution < -0.4 is 10.1 Å². The summed E-state index contributed by atoms with van der Waals surface area (Å²) in [6.07, 6.45) is 1.75. The van der Waals surface area contributed by atoms with Gasteiger partial charge in [0.15, 0.2) is 0 Å². The normalized spacial score (nSPS) is 10.1. The fourth-order valence-electron chi connectivity index (χ4n) is 1.54. The molecule has 1 heterocycles. The number of rotatable bonds is 4. The van der Waals surface area contributed by atoms with Crippen LogP contribution >= 0.6 is 0 Å². The number of ether oxygens (including phenoxy) is 1. The Morgan fingerprint density at radius 2 is 2.25 bits per heavy atom. The maximum Gasteiger partial charge on any atom is 0.119 e. The minimum atomic E-state index is 0.743. The van der Waals surface area contributed by atoms with Crippen molar-refractivity contribution in [3.05, 3.63) is 41.7 Å². The van der Waals surface area contributed by atoms with Gasteiger partial charge < -0.3 is 10.1 Å². The van der Waals surface area contributed by atoms with Crippen molar-refractivity contribution in [3.63, 3.8) is 0 Å². The highest BCUT2D eigenvalue weighted by atomic mass is 16.5. The monoisotopic (exact) mass is 217 g/mol. The number of aryl methyl sites for hydroxylation is 1. The minimum absolute atomic E-state index is 0.743. The SMILES string of the molecule is COc1ccc(NCc2ccn[nH]2)c(C)c1. The lowest BCUT2D eigenvalue weighted by molar-refractivity contribution is 0.414. The van der Waals surface area contributed by atoms with Crippen molar-refractivity contribution in [1.82, 2.24) is 10.2 Å². The van der Waals surface area contributed by atoms with E-state index in [-0.39, 0.29) is 0 Å². The van der Waals surface area contributed by atoms with Gasteiger partial charge in [0.25, 0.3) is 0 Å². The number of anilines is 1. The Bertz CT molecular complexity index is 451. The van der Waals surface area contributed by atoms with Crippen molar-refractivity contribution in [2.24, 2.45) is 0 Å². The Kier molecular flexibility index (Phi) is 3.10. The van der Waals surface area contributed by atoms with Gasteiger partial charge in [-0.05, 0) is 36.8 Å². The molecule has 0 atom stereocenters. The molecular weight excluding hydrogens is 202 g/mol. The molecule has 0 spiro atoms. The van der Waals surface area contributed by atoms with E-state index in [0.29, 0.717) is 0 Å². The molecule has 1 aromatic heterocycles. The van der Waals surface area contributed by atoms with E-state index < -0.39 is 0 Å². The van der Waals surface area contributed by atoms with Crippen LogP contribution in [0.5, 0.6) is 5.75 Å². The van der Waals surface area contributed by atoms with Gasteiger partial charge in [-0.3, -0.25) is 5.10 Å². The maximum absolute atomic E-state index is 5.16. The number of methoxy groups -OCH3 is 1. The van der Waals surface area contributed by atoms with E-state index in [2.05, 4.69) is 22.4 Å². The second kappa shape index (κ2) is 4.70. The summed E-state index contributed by atoms with van der Waals surface area (Å²) in [5.74, 6) is 0.879. The summed E-state index contributed by atoms with van der Waals surface area (Å²) in [7, 11) is 1.67. The molecule has 2 N–H and O–H groups in total. The van der Waals surface area contributed by atoms with Crippen LogP contribution in [0.15, 0.2) is 30.5 Å². The number of aromatic amines is 1. The zero-order valence-corrected chi connectivity index (χ0v) is 9.45. The van der Waals surface area contributed by atoms with Crippen LogP contribution in [0.25, 0.3) is 0 Å². The summed E-state index contributed by atoms with van der Waals surface area (Å²) in [6, 6.07) is 7.92. The van der Waals surface area contributed by atoms with Gasteiger partial charge in [-0.2, -0.15) is 5.10 Å². The van der Waals surface area contributed by atoms with Crippen LogP contribution in [-0.2, 0) is 6.54 Å². The van der Waals surface area contributed by atoms with Crippen molar-refractivity contribution in [2.75, 3.05) is 12.4 Å². The first-order valence-electron chi connectivity index (χ1n) is 5.16. The molecule has 2 rings (SSSR count). The molecule has 0 aliphatic carbocycles. The number of benzene rings is 1. The van der Waals surface area contributed by atoms with E-state index in [0.717, 1.165) is 23.7 Å².